The van der Waals surface area contributed by atoms with Crippen molar-refractivity contribution in [3.05, 3.63) is 131 Å². The van der Waals surface area contributed by atoms with Crippen LogP contribution >= 0.6 is 0 Å². The quantitative estimate of drug-likeness (QED) is 0.0336. The molecule has 0 aromatic heterocycles. The van der Waals surface area contributed by atoms with Crippen molar-refractivity contribution in [1.82, 2.24) is 20.0 Å². The Kier molecular flexibility index (Phi) is 34.1. The highest BCUT2D eigenvalue weighted by Gasteiger charge is 2.43. The van der Waals surface area contributed by atoms with Crippen molar-refractivity contribution in [2.75, 3.05) is 90.6 Å². The molecule has 1 N–H and O–H groups in total. The van der Waals surface area contributed by atoms with Gasteiger partial charge in [0.1, 0.15) is 54.3 Å². The summed E-state index contributed by atoms with van der Waals surface area (Å²) >= 11 is 0. The lowest BCUT2D eigenvalue weighted by Crippen LogP contribution is -2.52. The number of hydrogen-bond donors (Lipinski definition) is 1. The van der Waals surface area contributed by atoms with Crippen LogP contribution in [0.1, 0.15) is 138 Å². The van der Waals surface area contributed by atoms with E-state index in [9.17, 15) is 47.5 Å². The zero-order valence-electron chi connectivity index (χ0n) is 64.3. The standard InChI is InChI=1S/C42H60FN3O10.C37H52FN3O8/c1-28(2)24-33(38(49)54-29(3)37(48)53-27-31-14-12-11-13-15-31)44(9)36(47)35(25-30-16-18-32(19-17-30)46-20-22-52-23-21-46)55-39(50)34(26-42(7,8)43)45(10)40(51)56-41(4,5)6;1-25(2)21-31(36(45)48-26(3)34(43)47-24-28-11-9-8-10-12-28)40(7)33(42)32(49-35(44)30(39-6)23-37(4,5)38)22-27-13-15-29(16-14-27)41-17-19-46-20-18-41/h11-19,28-29,33-35H,20-27H2,1-10H3;8-16,25-26,30-32,39H,17-24H2,1-7H3/t29-,33+,34+,35-;26-,30+,31+,32-/m11/s1. The second-order valence-corrected chi connectivity index (χ2v) is 29.6. The van der Waals surface area contributed by atoms with E-state index >= 15 is 4.39 Å². The van der Waals surface area contributed by atoms with Crippen LogP contribution in [0.25, 0.3) is 0 Å². The highest BCUT2D eigenvalue weighted by Crippen LogP contribution is 2.28. The molecule has 0 radical (unpaired) electrons. The molecule has 4 aromatic carbocycles. The smallest absolute Gasteiger partial charge is 0.410 e. The van der Waals surface area contributed by atoms with Gasteiger partial charge in [-0.25, -0.2) is 37.5 Å². The van der Waals surface area contributed by atoms with Gasteiger partial charge in [0.25, 0.3) is 11.8 Å². The lowest BCUT2D eigenvalue weighted by Gasteiger charge is -2.34. The van der Waals surface area contributed by atoms with E-state index in [1.807, 2.05) is 125 Å². The molecule has 0 unspecified atom stereocenters. The van der Waals surface area contributed by atoms with Gasteiger partial charge in [0.15, 0.2) is 24.4 Å². The van der Waals surface area contributed by atoms with Gasteiger partial charge >= 0.3 is 41.9 Å². The van der Waals surface area contributed by atoms with Crippen molar-refractivity contribution in [3.63, 3.8) is 0 Å². The molecule has 2 aliphatic rings. The first-order valence-corrected chi connectivity index (χ1v) is 35.9. The van der Waals surface area contributed by atoms with Crippen molar-refractivity contribution in [2.24, 2.45) is 11.8 Å². The van der Waals surface area contributed by atoms with Crippen LogP contribution in [0.3, 0.4) is 0 Å². The van der Waals surface area contributed by atoms with Crippen molar-refractivity contribution in [3.8, 4) is 0 Å². The molecule has 580 valence electrons. The number of carbonyl (C=O) groups is 9. The van der Waals surface area contributed by atoms with Gasteiger partial charge in [-0.3, -0.25) is 19.3 Å². The number of nitrogens with one attached hydrogen (secondary N) is 1. The molecule has 0 spiro atoms. The number of esters is 6. The summed E-state index contributed by atoms with van der Waals surface area (Å²) in [5, 5.41) is 2.79. The monoisotopic (exact) mass is 1470 g/mol. The molecule has 2 aliphatic heterocycles. The van der Waals surface area contributed by atoms with Crippen molar-refractivity contribution >= 4 is 65.1 Å². The first-order valence-electron chi connectivity index (χ1n) is 35.9. The summed E-state index contributed by atoms with van der Waals surface area (Å²) in [6, 6.07) is 28.4. The fraction of sp³-hybridized carbons (Fsp3) is 0.582. The second-order valence-electron chi connectivity index (χ2n) is 29.6. The lowest BCUT2D eigenvalue weighted by atomic mass is 9.99. The van der Waals surface area contributed by atoms with E-state index in [2.05, 4.69) is 15.1 Å². The van der Waals surface area contributed by atoms with Crippen LogP contribution in [0.4, 0.5) is 25.0 Å². The van der Waals surface area contributed by atoms with E-state index in [4.69, 9.17) is 42.6 Å². The molecule has 0 saturated carbocycles. The molecule has 2 heterocycles. The maximum atomic E-state index is 15.2. The number of halogens is 2. The zero-order chi connectivity index (χ0) is 77.9. The Morgan fingerprint density at radius 3 is 1.14 bits per heavy atom. The minimum absolute atomic E-state index is 0.0133. The maximum Gasteiger partial charge on any atom is 0.410 e. The summed E-state index contributed by atoms with van der Waals surface area (Å²) in [6.07, 6.45) is -6.57. The molecule has 6 rings (SSSR count). The van der Waals surface area contributed by atoms with E-state index < -0.39 is 126 Å². The Balaban J connectivity index is 0.000000380. The predicted octanol–water partition coefficient (Wildman–Crippen LogP) is 10.2. The summed E-state index contributed by atoms with van der Waals surface area (Å²) in [7, 11) is 5.66. The average Bonchev–Trinajstić information content (AvgIpc) is 0.830. The molecule has 3 amide bonds. The van der Waals surface area contributed by atoms with Gasteiger partial charge in [0.2, 0.25) is 0 Å². The highest BCUT2D eigenvalue weighted by molar-refractivity contribution is 5.92. The fourth-order valence-electron chi connectivity index (χ4n) is 11.4. The number of rotatable bonds is 34. The summed E-state index contributed by atoms with van der Waals surface area (Å²) in [5.41, 5.74) is 0.353. The number of anilines is 2. The van der Waals surface area contributed by atoms with Crippen molar-refractivity contribution in [1.29, 1.82) is 0 Å². The third-order valence-electron chi connectivity index (χ3n) is 17.2. The molecule has 105 heavy (non-hydrogen) atoms. The number of likely N-dealkylation sites (N-methyl/N-ethyl adjacent to an activating group) is 4. The summed E-state index contributed by atoms with van der Waals surface area (Å²) < 4.78 is 79.5. The minimum Gasteiger partial charge on any atom is -0.458 e. The SMILES string of the molecule is CC(C)C[C@@H](C(=O)O[C@H](C)C(=O)OCc1ccccc1)N(C)C(=O)[C@@H](Cc1ccc(N2CCOCC2)cc1)OC(=O)[C@H](CC(C)(C)F)N(C)C(=O)OC(C)(C)C.CN[C@@H](CC(C)(C)F)C(=O)O[C@H](Cc1ccc(N2CCOCC2)cc1)C(=O)N(C)[C@@H](CC(C)C)C(=O)O[C@H](C)C(=O)OCc1ccccc1. The Morgan fingerprint density at radius 2 is 0.810 bits per heavy atom. The third kappa shape index (κ3) is 30.0. The maximum absolute atomic E-state index is 15.2. The molecule has 8 atom stereocenters. The van der Waals surface area contributed by atoms with E-state index in [-0.39, 0.29) is 57.2 Å². The first kappa shape index (κ1) is 86.9. The van der Waals surface area contributed by atoms with Crippen LogP contribution in [0.15, 0.2) is 109 Å². The number of amides is 3. The predicted molar refractivity (Wildman–Crippen MR) is 392 cm³/mol. The number of nitrogens with zero attached hydrogens (tertiary/aromatic N) is 5. The van der Waals surface area contributed by atoms with Gasteiger partial charge < -0.3 is 67.5 Å². The van der Waals surface area contributed by atoms with Gasteiger partial charge in [0.05, 0.1) is 26.4 Å². The Labute approximate surface area is 618 Å². The van der Waals surface area contributed by atoms with Gasteiger partial charge in [0, 0.05) is 84.4 Å². The van der Waals surface area contributed by atoms with Crippen LogP contribution < -0.4 is 15.1 Å². The van der Waals surface area contributed by atoms with Crippen LogP contribution in [0.5, 0.6) is 0 Å². The average molecular weight is 1470 g/mol. The molecule has 2 fully saturated rings. The van der Waals surface area contributed by atoms with Gasteiger partial charge in [-0.05, 0) is 141 Å². The Morgan fingerprint density at radius 1 is 0.457 bits per heavy atom. The number of hydrogen-bond acceptors (Lipinski definition) is 21. The number of benzene rings is 4. The minimum atomic E-state index is -1.92. The largest absolute Gasteiger partial charge is 0.458 e. The van der Waals surface area contributed by atoms with Crippen LogP contribution in [-0.4, -0.2) is 215 Å². The van der Waals surface area contributed by atoms with Gasteiger partial charge in [-0.2, -0.15) is 0 Å². The Hall–Kier alpha value is -8.75. The van der Waals surface area contributed by atoms with E-state index in [0.29, 0.717) is 32.0 Å². The van der Waals surface area contributed by atoms with Gasteiger partial charge in [-0.1, -0.05) is 113 Å². The van der Waals surface area contributed by atoms with Crippen molar-refractivity contribution in [2.45, 2.75) is 207 Å². The number of carbonyl (C=O) groups excluding carboxylic acids is 9. The first-order chi connectivity index (χ1) is 49.3. The molecule has 0 bridgehead atoms. The van der Waals surface area contributed by atoms with Gasteiger partial charge in [-0.15, -0.1) is 0 Å². The fourth-order valence-corrected chi connectivity index (χ4v) is 11.4. The Bertz CT molecular complexity index is 3410. The summed E-state index contributed by atoms with van der Waals surface area (Å²) in [6.45, 7) is 26.0. The molecular formula is C79H112F2N6O18. The zero-order valence-corrected chi connectivity index (χ0v) is 64.3. The van der Waals surface area contributed by atoms with Crippen LogP contribution in [0, 0.1) is 11.8 Å². The summed E-state index contributed by atoms with van der Waals surface area (Å²) in [4.78, 5) is 129. The van der Waals surface area contributed by atoms with E-state index in [0.717, 1.165) is 64.0 Å². The second kappa shape index (κ2) is 41.2. The molecule has 0 aliphatic carbocycles. The van der Waals surface area contributed by atoms with E-state index in [1.54, 1.807) is 32.9 Å². The molecule has 2 saturated heterocycles. The van der Waals surface area contributed by atoms with E-state index in [1.165, 1.54) is 74.6 Å². The highest BCUT2D eigenvalue weighted by atomic mass is 19.1. The lowest BCUT2D eigenvalue weighted by molar-refractivity contribution is -0.174. The number of morpholine rings is 2. The number of ether oxygens (including phenoxy) is 9. The summed E-state index contributed by atoms with van der Waals surface area (Å²) in [5.74, 6) is -6.46. The topological polar surface area (TPSA) is 265 Å². The molecule has 4 aromatic rings. The molecular weight excluding hydrogens is 1360 g/mol. The van der Waals surface area contributed by atoms with Crippen LogP contribution in [-0.2, 0) is 107 Å². The normalized spacial score (nSPS) is 15.7. The van der Waals surface area contributed by atoms with Crippen LogP contribution in [0.2, 0.25) is 0 Å². The van der Waals surface area contributed by atoms with Crippen molar-refractivity contribution < 1.29 is 94.6 Å². The molecule has 24 nitrogen and oxygen atoms in total. The number of alkyl halides is 2. The third-order valence-corrected chi connectivity index (χ3v) is 17.2. The molecule has 26 heteroatoms.